The van der Waals surface area contributed by atoms with E-state index in [4.69, 9.17) is 4.74 Å². The van der Waals surface area contributed by atoms with Crippen molar-refractivity contribution in [2.75, 3.05) is 23.0 Å². The molecular formula is C13H15NO4S. The van der Waals surface area contributed by atoms with Crippen molar-refractivity contribution in [3.63, 3.8) is 0 Å². The number of anilines is 1. The Hall–Kier alpha value is -1.53. The van der Waals surface area contributed by atoms with Gasteiger partial charge in [-0.1, -0.05) is 0 Å². The lowest BCUT2D eigenvalue weighted by Gasteiger charge is -2.25. The SMILES string of the molecule is CCOc1ccc(N2C(=O)CSCC2=O)cc1CO. The monoisotopic (exact) mass is 281 g/mol. The molecule has 0 atom stereocenters. The summed E-state index contributed by atoms with van der Waals surface area (Å²) in [5.41, 5.74) is 1.06. The molecule has 0 radical (unpaired) electrons. The standard InChI is InChI=1S/C13H15NO4S/c1-2-18-11-4-3-10(5-9(11)6-15)14-12(16)7-19-8-13(14)17/h3-5,15H,2,6-8H2,1H3. The molecule has 1 fully saturated rings. The molecule has 102 valence electrons. The van der Waals surface area contributed by atoms with E-state index in [0.717, 1.165) is 0 Å². The fourth-order valence-electron chi connectivity index (χ4n) is 1.91. The molecule has 0 spiro atoms. The van der Waals surface area contributed by atoms with E-state index in [0.29, 0.717) is 35.1 Å². The van der Waals surface area contributed by atoms with Crippen LogP contribution in [0.15, 0.2) is 18.2 Å². The zero-order valence-corrected chi connectivity index (χ0v) is 11.4. The van der Waals surface area contributed by atoms with Crippen LogP contribution in [-0.4, -0.2) is 35.0 Å². The van der Waals surface area contributed by atoms with Crippen molar-refractivity contribution in [3.8, 4) is 5.75 Å². The molecule has 0 bridgehead atoms. The minimum Gasteiger partial charge on any atom is -0.494 e. The molecule has 2 amide bonds. The Morgan fingerprint density at radius 2 is 2.00 bits per heavy atom. The molecule has 1 N–H and O–H groups in total. The number of hydrogen-bond acceptors (Lipinski definition) is 5. The molecule has 0 aromatic heterocycles. The van der Waals surface area contributed by atoms with Crippen molar-refractivity contribution >= 4 is 29.3 Å². The Balaban J connectivity index is 2.34. The number of amides is 2. The molecule has 1 aromatic rings. The molecular weight excluding hydrogens is 266 g/mol. The van der Waals surface area contributed by atoms with Gasteiger partial charge in [0.1, 0.15) is 5.75 Å². The van der Waals surface area contributed by atoms with Crippen LogP contribution in [0.1, 0.15) is 12.5 Å². The molecule has 5 nitrogen and oxygen atoms in total. The molecule has 19 heavy (non-hydrogen) atoms. The Morgan fingerprint density at radius 3 is 2.58 bits per heavy atom. The van der Waals surface area contributed by atoms with Gasteiger partial charge in [-0.05, 0) is 25.1 Å². The Labute approximate surface area is 115 Å². The minimum atomic E-state index is -0.228. The summed E-state index contributed by atoms with van der Waals surface area (Å²) in [5, 5.41) is 9.33. The second kappa shape index (κ2) is 6.08. The van der Waals surface area contributed by atoms with E-state index in [2.05, 4.69) is 0 Å². The lowest BCUT2D eigenvalue weighted by atomic mass is 10.1. The van der Waals surface area contributed by atoms with Gasteiger partial charge in [0.15, 0.2) is 0 Å². The van der Waals surface area contributed by atoms with Crippen LogP contribution in [-0.2, 0) is 16.2 Å². The van der Waals surface area contributed by atoms with Gasteiger partial charge in [0.2, 0.25) is 11.8 Å². The van der Waals surface area contributed by atoms with E-state index in [9.17, 15) is 14.7 Å². The van der Waals surface area contributed by atoms with Crippen LogP contribution < -0.4 is 9.64 Å². The summed E-state index contributed by atoms with van der Waals surface area (Å²) in [5.74, 6) is 0.713. The summed E-state index contributed by atoms with van der Waals surface area (Å²) < 4.78 is 5.37. The number of hydrogen-bond donors (Lipinski definition) is 1. The van der Waals surface area contributed by atoms with Gasteiger partial charge < -0.3 is 9.84 Å². The second-order valence-electron chi connectivity index (χ2n) is 4.00. The fraction of sp³-hybridized carbons (Fsp3) is 0.385. The first-order valence-electron chi connectivity index (χ1n) is 5.97. The van der Waals surface area contributed by atoms with Crippen molar-refractivity contribution in [1.82, 2.24) is 0 Å². The van der Waals surface area contributed by atoms with Crippen molar-refractivity contribution in [3.05, 3.63) is 23.8 Å². The number of carbonyl (C=O) groups is 2. The van der Waals surface area contributed by atoms with Gasteiger partial charge in [-0.15, -0.1) is 11.8 Å². The third-order valence-corrected chi connectivity index (χ3v) is 3.62. The van der Waals surface area contributed by atoms with Gasteiger partial charge in [-0.25, -0.2) is 4.90 Å². The molecule has 0 unspecified atom stereocenters. The number of imide groups is 1. The topological polar surface area (TPSA) is 66.8 Å². The normalized spacial score (nSPS) is 15.8. The summed E-state index contributed by atoms with van der Waals surface area (Å²) in [6, 6.07) is 4.96. The molecule has 1 heterocycles. The zero-order chi connectivity index (χ0) is 13.8. The van der Waals surface area contributed by atoms with Crippen LogP contribution in [0, 0.1) is 0 Å². The maximum atomic E-state index is 11.8. The van der Waals surface area contributed by atoms with E-state index in [1.807, 2.05) is 6.92 Å². The van der Waals surface area contributed by atoms with Gasteiger partial charge in [-0.2, -0.15) is 0 Å². The highest BCUT2D eigenvalue weighted by Crippen LogP contribution is 2.28. The Kier molecular flexibility index (Phi) is 4.44. The number of ether oxygens (including phenoxy) is 1. The van der Waals surface area contributed by atoms with E-state index in [1.54, 1.807) is 18.2 Å². The van der Waals surface area contributed by atoms with Crippen LogP contribution in [0.25, 0.3) is 0 Å². The summed E-state index contributed by atoms with van der Waals surface area (Å²) in [6.07, 6.45) is 0. The first-order valence-corrected chi connectivity index (χ1v) is 7.13. The molecule has 1 aromatic carbocycles. The highest BCUT2D eigenvalue weighted by Gasteiger charge is 2.28. The highest BCUT2D eigenvalue weighted by molar-refractivity contribution is 8.00. The van der Waals surface area contributed by atoms with Crippen molar-refractivity contribution in [1.29, 1.82) is 0 Å². The van der Waals surface area contributed by atoms with Crippen molar-refractivity contribution < 1.29 is 19.4 Å². The van der Waals surface area contributed by atoms with E-state index < -0.39 is 0 Å². The summed E-state index contributed by atoms with van der Waals surface area (Å²) >= 11 is 1.32. The van der Waals surface area contributed by atoms with Gasteiger partial charge in [0.25, 0.3) is 0 Å². The summed E-state index contributed by atoms with van der Waals surface area (Å²) in [4.78, 5) is 24.8. The number of aliphatic hydroxyl groups excluding tert-OH is 1. The highest BCUT2D eigenvalue weighted by atomic mass is 32.2. The van der Waals surface area contributed by atoms with Crippen LogP contribution in [0.2, 0.25) is 0 Å². The zero-order valence-electron chi connectivity index (χ0n) is 10.6. The van der Waals surface area contributed by atoms with Crippen LogP contribution in [0.5, 0.6) is 5.75 Å². The van der Waals surface area contributed by atoms with Crippen molar-refractivity contribution in [2.24, 2.45) is 0 Å². The molecule has 1 aliphatic rings. The van der Waals surface area contributed by atoms with Crippen LogP contribution in [0.3, 0.4) is 0 Å². The Morgan fingerprint density at radius 1 is 1.32 bits per heavy atom. The smallest absolute Gasteiger partial charge is 0.243 e. The number of benzene rings is 1. The fourth-order valence-corrected chi connectivity index (χ4v) is 2.62. The third-order valence-electron chi connectivity index (χ3n) is 2.72. The molecule has 6 heteroatoms. The first kappa shape index (κ1) is 13.9. The first-order chi connectivity index (χ1) is 9.17. The number of thioether (sulfide) groups is 1. The number of rotatable bonds is 4. The minimum absolute atomic E-state index is 0.200. The average Bonchev–Trinajstić information content (AvgIpc) is 2.40. The maximum absolute atomic E-state index is 11.8. The Bertz CT molecular complexity index is 487. The lowest BCUT2D eigenvalue weighted by molar-refractivity contribution is -0.124. The predicted octanol–water partition coefficient (Wildman–Crippen LogP) is 1.18. The maximum Gasteiger partial charge on any atom is 0.243 e. The molecule has 1 aliphatic heterocycles. The van der Waals surface area contributed by atoms with Gasteiger partial charge in [0, 0.05) is 5.56 Å². The van der Waals surface area contributed by atoms with Gasteiger partial charge in [-0.3, -0.25) is 9.59 Å². The van der Waals surface area contributed by atoms with Crippen LogP contribution in [0.4, 0.5) is 5.69 Å². The lowest BCUT2D eigenvalue weighted by Crippen LogP contribution is -2.43. The average molecular weight is 281 g/mol. The predicted molar refractivity (Wildman–Crippen MR) is 73.4 cm³/mol. The largest absolute Gasteiger partial charge is 0.494 e. The third kappa shape index (κ3) is 2.90. The van der Waals surface area contributed by atoms with Crippen LogP contribution >= 0.6 is 11.8 Å². The van der Waals surface area contributed by atoms with E-state index in [1.165, 1.54) is 16.7 Å². The summed E-state index contributed by atoms with van der Waals surface area (Å²) in [7, 11) is 0. The summed E-state index contributed by atoms with van der Waals surface area (Å²) in [6.45, 7) is 2.14. The van der Waals surface area contributed by atoms with Gasteiger partial charge >= 0.3 is 0 Å². The van der Waals surface area contributed by atoms with E-state index in [-0.39, 0.29) is 18.4 Å². The number of aliphatic hydroxyl groups is 1. The van der Waals surface area contributed by atoms with E-state index >= 15 is 0 Å². The molecule has 0 saturated carbocycles. The number of carbonyl (C=O) groups excluding carboxylic acids is 2. The second-order valence-corrected chi connectivity index (χ2v) is 4.98. The van der Waals surface area contributed by atoms with Gasteiger partial charge in [0.05, 0.1) is 30.4 Å². The molecule has 2 rings (SSSR count). The molecule has 0 aliphatic carbocycles. The van der Waals surface area contributed by atoms with Crippen molar-refractivity contribution in [2.45, 2.75) is 13.5 Å². The quantitative estimate of drug-likeness (QED) is 0.840. The molecule has 1 saturated heterocycles. The number of nitrogens with zero attached hydrogens (tertiary/aromatic N) is 1.